The van der Waals surface area contributed by atoms with Gasteiger partial charge in [0.05, 0.1) is 17.8 Å². The van der Waals surface area contributed by atoms with Crippen LogP contribution in [0.15, 0.2) is 30.3 Å². The van der Waals surface area contributed by atoms with Gasteiger partial charge in [-0.1, -0.05) is 29.8 Å². The van der Waals surface area contributed by atoms with Gasteiger partial charge in [-0.25, -0.2) is 4.98 Å². The second kappa shape index (κ2) is 5.54. The van der Waals surface area contributed by atoms with Gasteiger partial charge in [0.1, 0.15) is 5.65 Å². The summed E-state index contributed by atoms with van der Waals surface area (Å²) in [7, 11) is 0. The Kier molecular flexibility index (Phi) is 3.68. The first-order valence-corrected chi connectivity index (χ1v) is 7.72. The van der Waals surface area contributed by atoms with Crippen LogP contribution in [0.2, 0.25) is 0 Å². The van der Waals surface area contributed by atoms with Crippen LogP contribution in [0.4, 0.5) is 0 Å². The highest BCUT2D eigenvalue weighted by Crippen LogP contribution is 2.28. The molecule has 0 fully saturated rings. The van der Waals surface area contributed by atoms with Crippen LogP contribution in [0, 0.1) is 27.7 Å². The summed E-state index contributed by atoms with van der Waals surface area (Å²) >= 11 is 0. The van der Waals surface area contributed by atoms with Crippen molar-refractivity contribution >= 4 is 11.6 Å². The molecule has 2 heterocycles. The highest BCUT2D eigenvalue weighted by Gasteiger charge is 2.18. The van der Waals surface area contributed by atoms with Crippen molar-refractivity contribution in [1.82, 2.24) is 9.38 Å². The number of imidazole rings is 1. The Hall–Kier alpha value is -2.62. The minimum absolute atomic E-state index is 0.174. The maximum Gasteiger partial charge on any atom is 0.223 e. The molecule has 2 aromatic heterocycles. The van der Waals surface area contributed by atoms with E-state index < -0.39 is 0 Å². The van der Waals surface area contributed by atoms with E-state index in [-0.39, 0.29) is 12.3 Å². The van der Waals surface area contributed by atoms with E-state index in [9.17, 15) is 4.79 Å². The fraction of sp³-hybridized carbons (Fsp3) is 0.263. The van der Waals surface area contributed by atoms with Gasteiger partial charge in [-0.3, -0.25) is 9.20 Å². The number of pyridine rings is 1. The minimum atomic E-state index is -0.349. The Morgan fingerprint density at radius 3 is 2.39 bits per heavy atom. The van der Waals surface area contributed by atoms with Crippen molar-refractivity contribution in [1.29, 1.82) is 0 Å². The molecule has 0 aliphatic carbocycles. The number of rotatable bonds is 3. The Balaban J connectivity index is 2.34. The summed E-state index contributed by atoms with van der Waals surface area (Å²) in [5, 5.41) is 0. The number of nitrogens with zero attached hydrogens (tertiary/aromatic N) is 2. The summed E-state index contributed by atoms with van der Waals surface area (Å²) in [4.78, 5) is 16.4. The molecule has 3 rings (SSSR count). The number of carbonyl (C=O) groups excluding carboxylic acids is 1. The van der Waals surface area contributed by atoms with Crippen LogP contribution >= 0.6 is 0 Å². The number of primary amides is 1. The number of amides is 1. The molecule has 3 aromatic rings. The molecule has 2 N–H and O–H groups in total. The molecule has 0 saturated carbocycles. The predicted octanol–water partition coefficient (Wildman–Crippen LogP) is 3.26. The molecule has 0 radical (unpaired) electrons. The van der Waals surface area contributed by atoms with E-state index >= 15 is 0 Å². The van der Waals surface area contributed by atoms with Crippen LogP contribution in [0.5, 0.6) is 0 Å². The van der Waals surface area contributed by atoms with Crippen LogP contribution in [-0.2, 0) is 11.2 Å². The van der Waals surface area contributed by atoms with E-state index in [1.807, 2.05) is 12.1 Å². The molecule has 4 nitrogen and oxygen atoms in total. The van der Waals surface area contributed by atoms with Gasteiger partial charge in [-0.2, -0.15) is 0 Å². The first kappa shape index (κ1) is 15.3. The van der Waals surface area contributed by atoms with Gasteiger partial charge < -0.3 is 5.73 Å². The third kappa shape index (κ3) is 2.61. The van der Waals surface area contributed by atoms with Crippen molar-refractivity contribution < 1.29 is 4.79 Å². The molecule has 0 atom stereocenters. The lowest BCUT2D eigenvalue weighted by molar-refractivity contribution is -0.117. The normalized spacial score (nSPS) is 11.1. The number of carbonyl (C=O) groups is 1. The fourth-order valence-corrected chi connectivity index (χ4v) is 2.97. The lowest BCUT2D eigenvalue weighted by Gasteiger charge is -2.11. The lowest BCUT2D eigenvalue weighted by Crippen LogP contribution is -2.16. The summed E-state index contributed by atoms with van der Waals surface area (Å²) in [6.45, 7) is 8.27. The molecule has 23 heavy (non-hydrogen) atoms. The molecular formula is C19H21N3O. The standard InChI is InChI=1S/C19H21N3O/c1-11-5-7-15(8-6-11)19-16(10-17(20)23)22-14(4)13(3)12(2)9-18(22)21-19/h5-9H,10H2,1-4H3,(H2,20,23). The monoisotopic (exact) mass is 307 g/mol. The summed E-state index contributed by atoms with van der Waals surface area (Å²) in [5.74, 6) is -0.349. The maximum absolute atomic E-state index is 11.6. The molecule has 0 bridgehead atoms. The molecule has 0 unspecified atom stereocenters. The van der Waals surface area contributed by atoms with Crippen LogP contribution in [0.25, 0.3) is 16.9 Å². The van der Waals surface area contributed by atoms with Crippen LogP contribution in [0.3, 0.4) is 0 Å². The van der Waals surface area contributed by atoms with E-state index in [4.69, 9.17) is 10.7 Å². The quantitative estimate of drug-likeness (QED) is 0.807. The Labute approximate surface area is 136 Å². The Bertz CT molecular complexity index is 905. The second-order valence-electron chi connectivity index (χ2n) is 6.15. The minimum Gasteiger partial charge on any atom is -0.369 e. The van der Waals surface area contributed by atoms with Crippen LogP contribution < -0.4 is 5.73 Å². The molecule has 0 spiro atoms. The topological polar surface area (TPSA) is 60.4 Å². The average Bonchev–Trinajstić information content (AvgIpc) is 2.83. The van der Waals surface area contributed by atoms with Gasteiger partial charge in [0, 0.05) is 11.3 Å². The fourth-order valence-electron chi connectivity index (χ4n) is 2.97. The van der Waals surface area contributed by atoms with Crippen molar-refractivity contribution in [2.75, 3.05) is 0 Å². The van der Waals surface area contributed by atoms with Gasteiger partial charge in [0.25, 0.3) is 0 Å². The molecular weight excluding hydrogens is 286 g/mol. The van der Waals surface area contributed by atoms with Crippen LogP contribution in [0.1, 0.15) is 28.1 Å². The summed E-state index contributed by atoms with van der Waals surface area (Å²) in [5.41, 5.74) is 13.7. The molecule has 1 aromatic carbocycles. The number of fused-ring (bicyclic) bond motifs is 1. The zero-order valence-electron chi connectivity index (χ0n) is 14.0. The summed E-state index contributed by atoms with van der Waals surface area (Å²) in [6, 6.07) is 10.2. The summed E-state index contributed by atoms with van der Waals surface area (Å²) in [6.07, 6.45) is 0.174. The van der Waals surface area contributed by atoms with Crippen molar-refractivity contribution in [2.24, 2.45) is 5.73 Å². The predicted molar refractivity (Wildman–Crippen MR) is 92.5 cm³/mol. The van der Waals surface area contributed by atoms with Gasteiger partial charge in [0.2, 0.25) is 5.91 Å². The number of benzene rings is 1. The van der Waals surface area contributed by atoms with Gasteiger partial charge >= 0.3 is 0 Å². The SMILES string of the molecule is Cc1ccc(-c2nc3cc(C)c(C)c(C)n3c2CC(N)=O)cc1. The number of aromatic nitrogens is 2. The summed E-state index contributed by atoms with van der Waals surface area (Å²) < 4.78 is 2.06. The number of nitrogens with two attached hydrogens (primary N) is 1. The maximum atomic E-state index is 11.6. The van der Waals surface area contributed by atoms with Crippen molar-refractivity contribution in [3.63, 3.8) is 0 Å². The number of hydrogen-bond donors (Lipinski definition) is 1. The van der Waals surface area contributed by atoms with Crippen LogP contribution in [-0.4, -0.2) is 15.3 Å². The van der Waals surface area contributed by atoms with Gasteiger partial charge in [0.15, 0.2) is 0 Å². The van der Waals surface area contributed by atoms with Crippen molar-refractivity contribution in [3.8, 4) is 11.3 Å². The third-order valence-corrected chi connectivity index (χ3v) is 4.48. The second-order valence-corrected chi connectivity index (χ2v) is 6.15. The lowest BCUT2D eigenvalue weighted by atomic mass is 10.1. The zero-order valence-corrected chi connectivity index (χ0v) is 14.0. The van der Waals surface area contributed by atoms with Gasteiger partial charge in [-0.15, -0.1) is 0 Å². The van der Waals surface area contributed by atoms with E-state index in [0.717, 1.165) is 28.3 Å². The average molecular weight is 307 g/mol. The first-order chi connectivity index (χ1) is 10.9. The zero-order chi connectivity index (χ0) is 16.7. The van der Waals surface area contributed by atoms with E-state index in [2.05, 4.69) is 50.3 Å². The smallest absolute Gasteiger partial charge is 0.223 e. The first-order valence-electron chi connectivity index (χ1n) is 7.72. The number of aryl methyl sites for hydroxylation is 3. The molecule has 0 aliphatic rings. The molecule has 0 aliphatic heterocycles. The highest BCUT2D eigenvalue weighted by molar-refractivity contribution is 5.80. The molecule has 118 valence electrons. The van der Waals surface area contributed by atoms with E-state index in [1.54, 1.807) is 0 Å². The van der Waals surface area contributed by atoms with E-state index in [0.29, 0.717) is 0 Å². The number of hydrogen-bond acceptors (Lipinski definition) is 2. The van der Waals surface area contributed by atoms with Crippen molar-refractivity contribution in [2.45, 2.75) is 34.1 Å². The van der Waals surface area contributed by atoms with Gasteiger partial charge in [-0.05, 0) is 44.9 Å². The third-order valence-electron chi connectivity index (χ3n) is 4.48. The van der Waals surface area contributed by atoms with E-state index in [1.165, 1.54) is 16.7 Å². The molecule has 0 saturated heterocycles. The Morgan fingerprint density at radius 2 is 1.78 bits per heavy atom. The molecule has 1 amide bonds. The highest BCUT2D eigenvalue weighted by atomic mass is 16.1. The Morgan fingerprint density at radius 1 is 1.13 bits per heavy atom. The molecule has 4 heteroatoms. The largest absolute Gasteiger partial charge is 0.369 e. The van der Waals surface area contributed by atoms with Crippen molar-refractivity contribution in [3.05, 3.63) is 58.4 Å².